The molecule has 0 unspecified atom stereocenters. The number of anilines is 1. The van der Waals surface area contributed by atoms with Crippen molar-refractivity contribution in [3.05, 3.63) is 23.9 Å². The van der Waals surface area contributed by atoms with Gasteiger partial charge in [0, 0.05) is 6.54 Å². The smallest absolute Gasteiger partial charge is 0.269 e. The topological polar surface area (TPSA) is 80.0 Å². The molecule has 2 rings (SSSR count). The van der Waals surface area contributed by atoms with Crippen LogP contribution in [0.4, 0.5) is 5.82 Å². The largest absolute Gasteiger partial charge is 0.350 e. The molecule has 0 atom stereocenters. The summed E-state index contributed by atoms with van der Waals surface area (Å²) in [5, 5.41) is 2.97. The Morgan fingerprint density at radius 2 is 2.28 bits per heavy atom. The molecule has 5 nitrogen and oxygen atoms in total. The van der Waals surface area contributed by atoms with Crippen molar-refractivity contribution >= 4 is 11.7 Å². The summed E-state index contributed by atoms with van der Waals surface area (Å²) >= 11 is 0. The van der Waals surface area contributed by atoms with Crippen molar-refractivity contribution in [1.29, 1.82) is 0 Å². The Morgan fingerprint density at radius 1 is 1.50 bits per heavy atom. The van der Waals surface area contributed by atoms with Crippen molar-refractivity contribution in [3.63, 3.8) is 0 Å². The molecule has 1 fully saturated rings. The van der Waals surface area contributed by atoms with E-state index in [4.69, 9.17) is 5.84 Å². The summed E-state index contributed by atoms with van der Waals surface area (Å²) < 4.78 is 0. The molecule has 1 aliphatic rings. The van der Waals surface area contributed by atoms with Gasteiger partial charge in [0.25, 0.3) is 5.91 Å². The molecule has 1 aromatic rings. The molecule has 1 aromatic heterocycles. The third-order valence-corrected chi connectivity index (χ3v) is 3.92. The Morgan fingerprint density at radius 3 is 2.83 bits per heavy atom. The van der Waals surface area contributed by atoms with Gasteiger partial charge in [0.1, 0.15) is 11.5 Å². The number of rotatable bonds is 5. The number of aromatic nitrogens is 1. The van der Waals surface area contributed by atoms with Crippen molar-refractivity contribution in [3.8, 4) is 0 Å². The first-order valence-electron chi connectivity index (χ1n) is 6.41. The van der Waals surface area contributed by atoms with Crippen molar-refractivity contribution in [2.45, 2.75) is 32.6 Å². The summed E-state index contributed by atoms with van der Waals surface area (Å²) in [6, 6.07) is 5.17. The van der Waals surface area contributed by atoms with Crippen LogP contribution in [0.5, 0.6) is 0 Å². The van der Waals surface area contributed by atoms with Crippen LogP contribution in [0.1, 0.15) is 43.1 Å². The van der Waals surface area contributed by atoms with E-state index in [9.17, 15) is 4.79 Å². The van der Waals surface area contributed by atoms with Gasteiger partial charge in [-0.25, -0.2) is 10.8 Å². The van der Waals surface area contributed by atoms with E-state index in [2.05, 4.69) is 22.7 Å². The summed E-state index contributed by atoms with van der Waals surface area (Å²) in [6.45, 7) is 2.92. The number of hydrogen-bond acceptors (Lipinski definition) is 4. The molecule has 1 aliphatic carbocycles. The average molecular weight is 248 g/mol. The van der Waals surface area contributed by atoms with Crippen LogP contribution in [0.3, 0.4) is 0 Å². The molecule has 18 heavy (non-hydrogen) atoms. The van der Waals surface area contributed by atoms with Crippen LogP contribution in [-0.2, 0) is 0 Å². The minimum absolute atomic E-state index is 0.133. The Balaban J connectivity index is 1.95. The average Bonchev–Trinajstić information content (AvgIpc) is 2.38. The summed E-state index contributed by atoms with van der Waals surface area (Å²) in [5.41, 5.74) is 3.15. The Bertz CT molecular complexity index is 423. The zero-order valence-electron chi connectivity index (χ0n) is 10.7. The fraction of sp³-hybridized carbons (Fsp3) is 0.538. The molecule has 0 radical (unpaired) electrons. The van der Waals surface area contributed by atoms with Gasteiger partial charge in [-0.1, -0.05) is 19.4 Å². The van der Waals surface area contributed by atoms with Gasteiger partial charge in [0.05, 0.1) is 0 Å². The van der Waals surface area contributed by atoms with Gasteiger partial charge in [0.2, 0.25) is 0 Å². The molecule has 0 aromatic carbocycles. The zero-order valence-corrected chi connectivity index (χ0v) is 10.7. The number of nitrogens with two attached hydrogens (primary N) is 1. The minimum Gasteiger partial charge on any atom is -0.350 e. The van der Waals surface area contributed by atoms with Crippen LogP contribution in [0.15, 0.2) is 18.2 Å². The molecule has 0 saturated heterocycles. The van der Waals surface area contributed by atoms with Crippen LogP contribution >= 0.6 is 0 Å². The lowest BCUT2D eigenvalue weighted by Crippen LogP contribution is -2.41. The Labute approximate surface area is 107 Å². The van der Waals surface area contributed by atoms with Crippen molar-refractivity contribution in [1.82, 2.24) is 10.3 Å². The molecule has 0 bridgehead atoms. The highest BCUT2D eigenvalue weighted by atomic mass is 16.1. The van der Waals surface area contributed by atoms with Gasteiger partial charge < -0.3 is 10.7 Å². The second-order valence-corrected chi connectivity index (χ2v) is 4.94. The van der Waals surface area contributed by atoms with E-state index in [-0.39, 0.29) is 5.91 Å². The van der Waals surface area contributed by atoms with E-state index in [0.29, 0.717) is 16.9 Å². The maximum Gasteiger partial charge on any atom is 0.269 e. The molecule has 1 heterocycles. The van der Waals surface area contributed by atoms with Crippen LogP contribution in [-0.4, -0.2) is 17.4 Å². The van der Waals surface area contributed by atoms with E-state index in [1.807, 2.05) is 0 Å². The molecule has 4 N–H and O–H groups in total. The van der Waals surface area contributed by atoms with E-state index >= 15 is 0 Å². The summed E-state index contributed by atoms with van der Waals surface area (Å²) in [6.07, 6.45) is 4.81. The standard InChI is InChI=1S/C13H20N4O/c1-2-13(7-4-8-13)9-15-12(18)10-5-3-6-11(16-10)17-14/h3,5-6H,2,4,7-9,14H2,1H3,(H,15,18)(H,16,17). The van der Waals surface area contributed by atoms with Crippen molar-refractivity contribution < 1.29 is 4.79 Å². The van der Waals surface area contributed by atoms with Crippen molar-refractivity contribution in [2.75, 3.05) is 12.0 Å². The first-order chi connectivity index (χ1) is 8.69. The lowest BCUT2D eigenvalue weighted by Gasteiger charge is -2.41. The number of hydrazine groups is 1. The highest BCUT2D eigenvalue weighted by molar-refractivity contribution is 5.92. The Kier molecular flexibility index (Phi) is 3.81. The lowest BCUT2D eigenvalue weighted by molar-refractivity contribution is 0.0845. The second-order valence-electron chi connectivity index (χ2n) is 4.94. The van der Waals surface area contributed by atoms with Gasteiger partial charge in [-0.2, -0.15) is 0 Å². The predicted octanol–water partition coefficient (Wildman–Crippen LogP) is 1.68. The number of pyridine rings is 1. The maximum absolute atomic E-state index is 12.0. The van der Waals surface area contributed by atoms with Gasteiger partial charge >= 0.3 is 0 Å². The van der Waals surface area contributed by atoms with Gasteiger partial charge in [0.15, 0.2) is 0 Å². The summed E-state index contributed by atoms with van der Waals surface area (Å²) in [4.78, 5) is 16.1. The lowest BCUT2D eigenvalue weighted by atomic mass is 9.67. The second kappa shape index (κ2) is 5.35. The van der Waals surface area contributed by atoms with Crippen molar-refractivity contribution in [2.24, 2.45) is 11.3 Å². The van der Waals surface area contributed by atoms with Crippen LogP contribution in [0, 0.1) is 5.41 Å². The number of nitrogens with one attached hydrogen (secondary N) is 2. The molecule has 5 heteroatoms. The number of nitrogen functional groups attached to an aromatic ring is 1. The van der Waals surface area contributed by atoms with Gasteiger partial charge in [-0.05, 0) is 36.8 Å². The number of amides is 1. The molecule has 0 aliphatic heterocycles. The van der Waals surface area contributed by atoms with Gasteiger partial charge in [-0.15, -0.1) is 0 Å². The molecule has 98 valence electrons. The molecular formula is C13H20N4O. The Hall–Kier alpha value is -1.62. The van der Waals surface area contributed by atoms with Crippen LogP contribution < -0.4 is 16.6 Å². The van der Waals surface area contributed by atoms with Crippen LogP contribution in [0.25, 0.3) is 0 Å². The third kappa shape index (κ3) is 2.61. The van der Waals surface area contributed by atoms with Crippen LogP contribution in [0.2, 0.25) is 0 Å². The summed E-state index contributed by atoms with van der Waals surface area (Å²) in [5.74, 6) is 5.63. The molecule has 1 saturated carbocycles. The van der Waals surface area contributed by atoms with E-state index in [0.717, 1.165) is 13.0 Å². The number of carbonyl (C=O) groups excluding carboxylic acids is 1. The first kappa shape index (κ1) is 12.8. The SMILES string of the molecule is CCC1(CNC(=O)c2cccc(NN)n2)CCC1. The maximum atomic E-state index is 12.0. The monoisotopic (exact) mass is 248 g/mol. The molecule has 1 amide bonds. The number of nitrogens with zero attached hydrogens (tertiary/aromatic N) is 1. The van der Waals surface area contributed by atoms with E-state index in [1.165, 1.54) is 19.3 Å². The molecular weight excluding hydrogens is 228 g/mol. The normalized spacial score (nSPS) is 16.8. The number of hydrogen-bond donors (Lipinski definition) is 3. The third-order valence-electron chi connectivity index (χ3n) is 3.92. The van der Waals surface area contributed by atoms with E-state index in [1.54, 1.807) is 18.2 Å². The fourth-order valence-electron chi connectivity index (χ4n) is 2.33. The zero-order chi connectivity index (χ0) is 13.0. The summed E-state index contributed by atoms with van der Waals surface area (Å²) in [7, 11) is 0. The van der Waals surface area contributed by atoms with Gasteiger partial charge in [-0.3, -0.25) is 4.79 Å². The fourth-order valence-corrected chi connectivity index (χ4v) is 2.33. The molecule has 0 spiro atoms. The highest BCUT2D eigenvalue weighted by Gasteiger charge is 2.35. The number of carbonyl (C=O) groups is 1. The first-order valence-corrected chi connectivity index (χ1v) is 6.41. The van der Waals surface area contributed by atoms with E-state index < -0.39 is 0 Å². The minimum atomic E-state index is -0.133. The quantitative estimate of drug-likeness (QED) is 0.547. The predicted molar refractivity (Wildman–Crippen MR) is 71.0 cm³/mol. The highest BCUT2D eigenvalue weighted by Crippen LogP contribution is 2.43.